The van der Waals surface area contributed by atoms with Gasteiger partial charge in [-0.2, -0.15) is 0 Å². The zero-order valence-electron chi connectivity index (χ0n) is 16.7. The Hall–Kier alpha value is -1.70. The first-order chi connectivity index (χ1) is 13.9. The Morgan fingerprint density at radius 2 is 2.03 bits per heavy atom. The fourth-order valence-electron chi connectivity index (χ4n) is 3.84. The zero-order valence-corrected chi connectivity index (χ0v) is 18.3. The highest BCUT2D eigenvalue weighted by molar-refractivity contribution is 7.18. The molecule has 1 aliphatic rings. The van der Waals surface area contributed by atoms with Crippen molar-refractivity contribution < 1.29 is 9.59 Å². The minimum Gasteiger partial charge on any atom is -0.344 e. The smallest absolute Gasteiger partial charge is 0.244 e. The Bertz CT molecular complexity index is 850. The molecule has 0 unspecified atom stereocenters. The molecule has 158 valence electrons. The van der Waals surface area contributed by atoms with Gasteiger partial charge in [0.25, 0.3) is 0 Å². The second-order valence-corrected chi connectivity index (χ2v) is 9.30. The van der Waals surface area contributed by atoms with E-state index in [9.17, 15) is 9.59 Å². The van der Waals surface area contributed by atoms with Gasteiger partial charge in [-0.3, -0.25) is 9.59 Å². The van der Waals surface area contributed by atoms with Crippen LogP contribution in [0.1, 0.15) is 56.9 Å². The second kappa shape index (κ2) is 10.4. The average molecular weight is 437 g/mol. The molecule has 1 aromatic carbocycles. The predicted molar refractivity (Wildman–Crippen MR) is 118 cm³/mol. The monoisotopic (exact) mass is 436 g/mol. The molecule has 8 heteroatoms. The molecule has 1 heterocycles. The molecule has 6 nitrogen and oxygen atoms in total. The van der Waals surface area contributed by atoms with Crippen LogP contribution >= 0.6 is 22.9 Å². The Labute approximate surface area is 180 Å². The summed E-state index contributed by atoms with van der Waals surface area (Å²) in [4.78, 5) is 29.4. The van der Waals surface area contributed by atoms with Crippen LogP contribution in [0.4, 0.5) is 0 Å². The number of fused-ring (bicyclic) bond motifs is 1. The third kappa shape index (κ3) is 6.39. The van der Waals surface area contributed by atoms with Gasteiger partial charge in [0, 0.05) is 17.9 Å². The molecule has 1 aliphatic carbocycles. The number of nitrogens with zero attached hydrogens (tertiary/aromatic N) is 1. The average Bonchev–Trinajstić information content (AvgIpc) is 3.09. The lowest BCUT2D eigenvalue weighted by Crippen LogP contribution is -2.53. The van der Waals surface area contributed by atoms with E-state index in [-0.39, 0.29) is 11.8 Å². The molecule has 0 saturated heterocycles. The molecule has 4 N–H and O–H groups in total. The van der Waals surface area contributed by atoms with E-state index in [2.05, 4.69) is 15.6 Å². The summed E-state index contributed by atoms with van der Waals surface area (Å²) in [5.41, 5.74) is 7.04. The normalized spacial score (nSPS) is 17.1. The highest BCUT2D eigenvalue weighted by Crippen LogP contribution is 2.27. The minimum atomic E-state index is -0.698. The summed E-state index contributed by atoms with van der Waals surface area (Å²) in [7, 11) is 0. The van der Waals surface area contributed by atoms with E-state index in [1.54, 1.807) is 13.0 Å². The van der Waals surface area contributed by atoms with Gasteiger partial charge in [-0.15, -0.1) is 11.3 Å². The molecule has 1 aromatic heterocycles. The van der Waals surface area contributed by atoms with E-state index < -0.39 is 12.2 Å². The first-order valence-corrected chi connectivity index (χ1v) is 11.5. The number of carbonyl (C=O) groups is 2. The van der Waals surface area contributed by atoms with Crippen molar-refractivity contribution in [2.45, 2.75) is 70.5 Å². The Morgan fingerprint density at radius 3 is 2.76 bits per heavy atom. The molecule has 1 saturated carbocycles. The van der Waals surface area contributed by atoms with Gasteiger partial charge in [-0.25, -0.2) is 4.98 Å². The summed E-state index contributed by atoms with van der Waals surface area (Å²) in [5.74, 6) is 0.138. The van der Waals surface area contributed by atoms with Gasteiger partial charge in [0.1, 0.15) is 6.04 Å². The standard InChI is InChI=1S/C21H29ClN4O2S/c1-2-19(27)24-16(12-20-25-15-9-8-14(22)11-17(15)29-20)21(28)26-18(23)10-13-6-4-3-5-7-13/h8-9,11,13,16,18H,2-7,10,12,23H2,1H3,(H,24,27)(H,26,28)/t16-,18-/m0/s1. The van der Waals surface area contributed by atoms with Crippen LogP contribution in [0.15, 0.2) is 18.2 Å². The molecule has 1 fully saturated rings. The van der Waals surface area contributed by atoms with E-state index in [4.69, 9.17) is 17.3 Å². The Kier molecular flexibility index (Phi) is 7.86. The van der Waals surface area contributed by atoms with Gasteiger partial charge >= 0.3 is 0 Å². The topological polar surface area (TPSA) is 97.1 Å². The number of rotatable bonds is 8. The van der Waals surface area contributed by atoms with E-state index in [0.717, 1.165) is 21.6 Å². The van der Waals surface area contributed by atoms with Crippen molar-refractivity contribution in [3.63, 3.8) is 0 Å². The Balaban J connectivity index is 1.66. The molecule has 2 aromatic rings. The molecule has 0 spiro atoms. The van der Waals surface area contributed by atoms with Crippen molar-refractivity contribution >= 4 is 45.0 Å². The van der Waals surface area contributed by atoms with Gasteiger partial charge in [0.05, 0.1) is 21.4 Å². The second-order valence-electron chi connectivity index (χ2n) is 7.75. The van der Waals surface area contributed by atoms with Crippen LogP contribution in [0.25, 0.3) is 10.2 Å². The van der Waals surface area contributed by atoms with Crippen molar-refractivity contribution in [2.75, 3.05) is 0 Å². The van der Waals surface area contributed by atoms with Crippen LogP contribution in [0, 0.1) is 5.92 Å². The fraction of sp³-hybridized carbons (Fsp3) is 0.571. The maximum atomic E-state index is 12.9. The van der Waals surface area contributed by atoms with Crippen LogP contribution in [0.5, 0.6) is 0 Å². The number of halogens is 1. The van der Waals surface area contributed by atoms with E-state index in [1.807, 2.05) is 12.1 Å². The van der Waals surface area contributed by atoms with Crippen molar-refractivity contribution in [2.24, 2.45) is 11.7 Å². The largest absolute Gasteiger partial charge is 0.344 e. The third-order valence-electron chi connectivity index (χ3n) is 5.39. The number of hydrogen-bond acceptors (Lipinski definition) is 5. The molecular weight excluding hydrogens is 408 g/mol. The SMILES string of the molecule is CCC(=O)N[C@@H](Cc1nc2ccc(Cl)cc2s1)C(=O)N[C@H](N)CC1CCCCC1. The van der Waals surface area contributed by atoms with Crippen LogP contribution in [0.3, 0.4) is 0 Å². The van der Waals surface area contributed by atoms with Gasteiger partial charge < -0.3 is 16.4 Å². The predicted octanol–water partition coefficient (Wildman–Crippen LogP) is 3.76. The summed E-state index contributed by atoms with van der Waals surface area (Å²) in [6.45, 7) is 1.76. The summed E-state index contributed by atoms with van der Waals surface area (Å²) in [6, 6.07) is 4.81. The lowest BCUT2D eigenvalue weighted by molar-refractivity contribution is -0.129. The van der Waals surface area contributed by atoms with Gasteiger partial charge in [-0.05, 0) is 30.5 Å². The van der Waals surface area contributed by atoms with E-state index in [1.165, 1.54) is 43.4 Å². The van der Waals surface area contributed by atoms with Crippen molar-refractivity contribution in [1.82, 2.24) is 15.6 Å². The maximum absolute atomic E-state index is 12.9. The first-order valence-electron chi connectivity index (χ1n) is 10.3. The van der Waals surface area contributed by atoms with E-state index in [0.29, 0.717) is 23.8 Å². The van der Waals surface area contributed by atoms with Gasteiger partial charge in [0.2, 0.25) is 11.8 Å². The molecular formula is C21H29ClN4O2S. The fourth-order valence-corrected chi connectivity index (χ4v) is 5.13. The van der Waals surface area contributed by atoms with Crippen molar-refractivity contribution in [1.29, 1.82) is 0 Å². The van der Waals surface area contributed by atoms with Crippen LogP contribution < -0.4 is 16.4 Å². The van der Waals surface area contributed by atoms with Crippen molar-refractivity contribution in [3.8, 4) is 0 Å². The zero-order chi connectivity index (χ0) is 20.8. The number of carbonyl (C=O) groups excluding carboxylic acids is 2. The molecule has 3 rings (SSSR count). The number of aromatic nitrogens is 1. The Morgan fingerprint density at radius 1 is 1.28 bits per heavy atom. The molecule has 29 heavy (non-hydrogen) atoms. The number of hydrogen-bond donors (Lipinski definition) is 3. The number of nitrogens with one attached hydrogen (secondary N) is 2. The van der Waals surface area contributed by atoms with Gasteiger partial charge in [-0.1, -0.05) is 50.6 Å². The summed E-state index contributed by atoms with van der Waals surface area (Å²) in [5, 5.41) is 7.14. The van der Waals surface area contributed by atoms with Crippen LogP contribution in [0.2, 0.25) is 5.02 Å². The number of benzene rings is 1. The lowest BCUT2D eigenvalue weighted by atomic mass is 9.86. The summed E-state index contributed by atoms with van der Waals surface area (Å²) in [6.07, 6.45) is 7.13. The maximum Gasteiger partial charge on any atom is 0.244 e. The van der Waals surface area contributed by atoms with Crippen LogP contribution in [-0.4, -0.2) is 29.0 Å². The highest BCUT2D eigenvalue weighted by atomic mass is 35.5. The summed E-state index contributed by atoms with van der Waals surface area (Å²) >= 11 is 7.53. The number of amides is 2. The third-order valence-corrected chi connectivity index (χ3v) is 6.66. The molecule has 2 amide bonds. The summed E-state index contributed by atoms with van der Waals surface area (Å²) < 4.78 is 0.961. The highest BCUT2D eigenvalue weighted by Gasteiger charge is 2.25. The minimum absolute atomic E-state index is 0.171. The molecule has 0 aliphatic heterocycles. The number of thiazole rings is 1. The number of nitrogens with two attached hydrogens (primary N) is 1. The van der Waals surface area contributed by atoms with E-state index >= 15 is 0 Å². The molecule has 0 bridgehead atoms. The van der Waals surface area contributed by atoms with Gasteiger partial charge in [0.15, 0.2) is 0 Å². The van der Waals surface area contributed by atoms with Crippen LogP contribution in [-0.2, 0) is 16.0 Å². The molecule has 0 radical (unpaired) electrons. The first kappa shape index (κ1) is 22.0. The lowest BCUT2D eigenvalue weighted by Gasteiger charge is -2.26. The molecule has 2 atom stereocenters. The quantitative estimate of drug-likeness (QED) is 0.549. The van der Waals surface area contributed by atoms with Crippen molar-refractivity contribution in [3.05, 3.63) is 28.2 Å².